The van der Waals surface area contributed by atoms with E-state index in [0.717, 1.165) is 0 Å². The summed E-state index contributed by atoms with van der Waals surface area (Å²) in [7, 11) is 0. The number of nitrogens with one attached hydrogen (secondary N) is 1. The Morgan fingerprint density at radius 1 is 1.30 bits per heavy atom. The van der Waals surface area contributed by atoms with E-state index in [0.29, 0.717) is 25.9 Å². The first-order chi connectivity index (χ1) is 9.56. The molecule has 0 spiro atoms. The van der Waals surface area contributed by atoms with Crippen LogP contribution in [0.3, 0.4) is 0 Å². The summed E-state index contributed by atoms with van der Waals surface area (Å²) in [6.07, 6.45) is -1.50. The Bertz CT molecular complexity index is 459. The van der Waals surface area contributed by atoms with E-state index in [1.54, 1.807) is 12.1 Å². The molecule has 1 heterocycles. The van der Waals surface area contributed by atoms with Crippen LogP contribution in [0.15, 0.2) is 24.3 Å². The van der Waals surface area contributed by atoms with Gasteiger partial charge in [0.15, 0.2) is 0 Å². The highest BCUT2D eigenvalue weighted by molar-refractivity contribution is 5.92. The minimum atomic E-state index is -2.29. The summed E-state index contributed by atoms with van der Waals surface area (Å²) in [5, 5.41) is 2.49. The number of halogens is 3. The number of para-hydroxylation sites is 1. The smallest absolute Gasteiger partial charge is 0.241 e. The maximum atomic E-state index is 13.4. The number of hydrogen-bond acceptors (Lipinski definition) is 2. The molecule has 1 aromatic rings. The number of piperidine rings is 1. The van der Waals surface area contributed by atoms with Gasteiger partial charge in [0.1, 0.15) is 5.82 Å². The first-order valence-electron chi connectivity index (χ1n) is 6.61. The van der Waals surface area contributed by atoms with Crippen LogP contribution in [0.4, 0.5) is 18.9 Å². The molecule has 110 valence electrons. The molecule has 0 saturated carbocycles. The molecule has 1 aliphatic heterocycles. The van der Waals surface area contributed by atoms with E-state index in [1.165, 1.54) is 12.1 Å². The second-order valence-electron chi connectivity index (χ2n) is 4.98. The van der Waals surface area contributed by atoms with Crippen molar-refractivity contribution in [3.8, 4) is 0 Å². The number of alkyl halides is 2. The molecule has 1 saturated heterocycles. The van der Waals surface area contributed by atoms with Crippen molar-refractivity contribution in [3.05, 3.63) is 30.1 Å². The van der Waals surface area contributed by atoms with Crippen LogP contribution in [0, 0.1) is 11.7 Å². The molecule has 0 radical (unpaired) electrons. The van der Waals surface area contributed by atoms with Crippen LogP contribution < -0.4 is 5.32 Å². The molecule has 1 fully saturated rings. The number of carbonyl (C=O) groups is 1. The summed E-state index contributed by atoms with van der Waals surface area (Å²) in [5.41, 5.74) is 0.139. The van der Waals surface area contributed by atoms with Crippen LogP contribution in [0.25, 0.3) is 0 Å². The van der Waals surface area contributed by atoms with Crippen LogP contribution in [0.2, 0.25) is 0 Å². The van der Waals surface area contributed by atoms with Crippen molar-refractivity contribution >= 4 is 11.6 Å². The summed E-state index contributed by atoms with van der Waals surface area (Å²) in [6, 6.07) is 5.92. The zero-order chi connectivity index (χ0) is 14.5. The van der Waals surface area contributed by atoms with E-state index in [2.05, 4.69) is 5.32 Å². The number of likely N-dealkylation sites (tertiary alicyclic amines) is 1. The molecule has 1 N–H and O–H groups in total. The summed E-state index contributed by atoms with van der Waals surface area (Å²) in [6.45, 7) is 1.05. The van der Waals surface area contributed by atoms with Crippen molar-refractivity contribution in [2.24, 2.45) is 5.92 Å². The fourth-order valence-electron chi connectivity index (χ4n) is 2.32. The standard InChI is InChI=1S/C14H17F3N2O/c15-11-3-1-2-4-12(11)18-13(20)9-19-7-5-10(6-8-19)14(16)17/h1-4,10,14H,5-9H2,(H,18,20). The third-order valence-corrected chi connectivity index (χ3v) is 3.50. The van der Waals surface area contributed by atoms with Gasteiger partial charge in [0.05, 0.1) is 12.2 Å². The monoisotopic (exact) mass is 286 g/mol. The van der Waals surface area contributed by atoms with Crippen molar-refractivity contribution in [2.75, 3.05) is 25.0 Å². The van der Waals surface area contributed by atoms with Gasteiger partial charge >= 0.3 is 0 Å². The molecular formula is C14H17F3N2O. The number of anilines is 1. The minimum absolute atomic E-state index is 0.101. The highest BCUT2D eigenvalue weighted by atomic mass is 19.3. The van der Waals surface area contributed by atoms with Crippen LogP contribution >= 0.6 is 0 Å². The Hall–Kier alpha value is -1.56. The zero-order valence-electron chi connectivity index (χ0n) is 11.0. The number of amides is 1. The van der Waals surface area contributed by atoms with E-state index >= 15 is 0 Å². The number of benzene rings is 1. The molecule has 0 atom stereocenters. The molecule has 6 heteroatoms. The Labute approximate surface area is 115 Å². The fourth-order valence-corrected chi connectivity index (χ4v) is 2.32. The summed E-state index contributed by atoms with van der Waals surface area (Å²) in [5.74, 6) is -1.39. The molecule has 1 amide bonds. The fraction of sp³-hybridized carbons (Fsp3) is 0.500. The number of hydrogen-bond donors (Lipinski definition) is 1. The van der Waals surface area contributed by atoms with Crippen LogP contribution in [0.5, 0.6) is 0 Å². The normalized spacial score (nSPS) is 17.4. The average Bonchev–Trinajstić information content (AvgIpc) is 2.42. The van der Waals surface area contributed by atoms with Crippen molar-refractivity contribution in [2.45, 2.75) is 19.3 Å². The highest BCUT2D eigenvalue weighted by Crippen LogP contribution is 2.23. The molecule has 3 nitrogen and oxygen atoms in total. The molecule has 0 bridgehead atoms. The Morgan fingerprint density at radius 2 is 1.95 bits per heavy atom. The summed E-state index contributed by atoms with van der Waals surface area (Å²) in [4.78, 5) is 13.6. The quantitative estimate of drug-likeness (QED) is 0.923. The lowest BCUT2D eigenvalue weighted by atomic mass is 9.97. The number of carbonyl (C=O) groups excluding carboxylic acids is 1. The topological polar surface area (TPSA) is 32.3 Å². The summed E-state index contributed by atoms with van der Waals surface area (Å²) < 4.78 is 38.4. The third kappa shape index (κ3) is 3.96. The van der Waals surface area contributed by atoms with Gasteiger partial charge in [0.2, 0.25) is 12.3 Å². The van der Waals surface area contributed by atoms with E-state index in [4.69, 9.17) is 0 Å². The van der Waals surface area contributed by atoms with Gasteiger partial charge < -0.3 is 5.32 Å². The van der Waals surface area contributed by atoms with Gasteiger partial charge in [-0.25, -0.2) is 13.2 Å². The molecular weight excluding hydrogens is 269 g/mol. The zero-order valence-corrected chi connectivity index (χ0v) is 11.0. The number of nitrogens with zero attached hydrogens (tertiary/aromatic N) is 1. The van der Waals surface area contributed by atoms with Crippen LogP contribution in [-0.4, -0.2) is 36.9 Å². The van der Waals surface area contributed by atoms with E-state index in [9.17, 15) is 18.0 Å². The lowest BCUT2D eigenvalue weighted by Crippen LogP contribution is -2.40. The average molecular weight is 286 g/mol. The highest BCUT2D eigenvalue weighted by Gasteiger charge is 2.26. The van der Waals surface area contributed by atoms with Gasteiger partial charge in [-0.15, -0.1) is 0 Å². The van der Waals surface area contributed by atoms with Crippen molar-refractivity contribution < 1.29 is 18.0 Å². The molecule has 2 rings (SSSR count). The van der Waals surface area contributed by atoms with Gasteiger partial charge in [-0.05, 0) is 38.1 Å². The molecule has 1 aliphatic rings. The second-order valence-corrected chi connectivity index (χ2v) is 4.98. The predicted molar refractivity (Wildman–Crippen MR) is 70.2 cm³/mol. The minimum Gasteiger partial charge on any atom is -0.322 e. The Morgan fingerprint density at radius 3 is 2.55 bits per heavy atom. The molecule has 20 heavy (non-hydrogen) atoms. The first kappa shape index (κ1) is 14.8. The van der Waals surface area contributed by atoms with Gasteiger partial charge in [0, 0.05) is 5.92 Å². The second kappa shape index (κ2) is 6.74. The largest absolute Gasteiger partial charge is 0.322 e. The first-order valence-corrected chi connectivity index (χ1v) is 6.61. The molecule has 0 aliphatic carbocycles. The maximum Gasteiger partial charge on any atom is 0.241 e. The van der Waals surface area contributed by atoms with E-state index in [1.807, 2.05) is 4.90 Å². The molecule has 0 unspecified atom stereocenters. The Kier molecular flexibility index (Phi) is 5.00. The maximum absolute atomic E-state index is 13.4. The van der Waals surface area contributed by atoms with Crippen LogP contribution in [0.1, 0.15) is 12.8 Å². The Balaban J connectivity index is 1.80. The van der Waals surface area contributed by atoms with Crippen LogP contribution in [-0.2, 0) is 4.79 Å². The lowest BCUT2D eigenvalue weighted by molar-refractivity contribution is -0.117. The number of rotatable bonds is 4. The molecule has 0 aromatic heterocycles. The summed E-state index contributed by atoms with van der Waals surface area (Å²) >= 11 is 0. The van der Waals surface area contributed by atoms with Gasteiger partial charge in [-0.3, -0.25) is 9.69 Å². The third-order valence-electron chi connectivity index (χ3n) is 3.50. The van der Waals surface area contributed by atoms with E-state index in [-0.39, 0.29) is 18.1 Å². The lowest BCUT2D eigenvalue weighted by Gasteiger charge is -2.30. The van der Waals surface area contributed by atoms with E-state index < -0.39 is 18.2 Å². The van der Waals surface area contributed by atoms with Crippen molar-refractivity contribution in [3.63, 3.8) is 0 Å². The molecule has 1 aromatic carbocycles. The van der Waals surface area contributed by atoms with Gasteiger partial charge in [-0.2, -0.15) is 0 Å². The SMILES string of the molecule is O=C(CN1CCC(C(F)F)CC1)Nc1ccccc1F. The van der Waals surface area contributed by atoms with Crippen molar-refractivity contribution in [1.29, 1.82) is 0 Å². The van der Waals surface area contributed by atoms with Gasteiger partial charge in [-0.1, -0.05) is 12.1 Å². The predicted octanol–water partition coefficient (Wildman–Crippen LogP) is 2.74. The van der Waals surface area contributed by atoms with Gasteiger partial charge in [0.25, 0.3) is 0 Å². The van der Waals surface area contributed by atoms with Crippen molar-refractivity contribution in [1.82, 2.24) is 4.90 Å².